The van der Waals surface area contributed by atoms with Gasteiger partial charge in [-0.1, -0.05) is 0 Å². The Morgan fingerprint density at radius 3 is 2.38 bits per heavy atom. The second-order valence-corrected chi connectivity index (χ2v) is 5.98. The van der Waals surface area contributed by atoms with Crippen LogP contribution in [0.2, 0.25) is 0 Å². The first-order valence-electron chi connectivity index (χ1n) is 8.54. The highest BCUT2D eigenvalue weighted by Crippen LogP contribution is 2.27. The monoisotopic (exact) mass is 336 g/mol. The number of rotatable bonds is 9. The van der Waals surface area contributed by atoms with E-state index in [1.54, 1.807) is 32.4 Å². The number of amides is 1. The average Bonchev–Trinajstić information content (AvgIpc) is 2.64. The van der Waals surface area contributed by atoms with Gasteiger partial charge in [0.15, 0.2) is 0 Å². The number of piperidine rings is 1. The first-order valence-corrected chi connectivity index (χ1v) is 8.54. The van der Waals surface area contributed by atoms with Crippen LogP contribution in [0.25, 0.3) is 0 Å². The van der Waals surface area contributed by atoms with Gasteiger partial charge in [-0.2, -0.15) is 0 Å². The van der Waals surface area contributed by atoms with Crippen LogP contribution in [0.3, 0.4) is 0 Å². The summed E-state index contributed by atoms with van der Waals surface area (Å²) in [5, 5.41) is 6.25. The molecule has 1 aliphatic heterocycles. The van der Waals surface area contributed by atoms with Gasteiger partial charge in [-0.25, -0.2) is 0 Å². The second kappa shape index (κ2) is 10.0. The first-order chi connectivity index (χ1) is 11.7. The molecule has 0 spiro atoms. The molecule has 1 saturated heterocycles. The Morgan fingerprint density at radius 2 is 1.75 bits per heavy atom. The molecule has 24 heavy (non-hydrogen) atoms. The molecule has 0 bridgehead atoms. The van der Waals surface area contributed by atoms with Crippen molar-refractivity contribution in [2.45, 2.75) is 25.7 Å². The first kappa shape index (κ1) is 18.4. The number of methoxy groups -OCH3 is 2. The maximum atomic E-state index is 11.9. The van der Waals surface area contributed by atoms with Crippen molar-refractivity contribution in [3.8, 4) is 17.2 Å². The maximum absolute atomic E-state index is 11.9. The number of carbonyl (C=O) groups excluding carboxylic acids is 1. The smallest absolute Gasteiger partial charge is 0.220 e. The van der Waals surface area contributed by atoms with Crippen LogP contribution in [0.4, 0.5) is 0 Å². The quantitative estimate of drug-likeness (QED) is 0.675. The van der Waals surface area contributed by atoms with Crippen molar-refractivity contribution in [3.63, 3.8) is 0 Å². The van der Waals surface area contributed by atoms with Crippen molar-refractivity contribution in [2.75, 3.05) is 40.5 Å². The van der Waals surface area contributed by atoms with Crippen molar-refractivity contribution in [2.24, 2.45) is 5.92 Å². The Kier molecular flexibility index (Phi) is 7.68. The minimum Gasteiger partial charge on any atom is -0.496 e. The Bertz CT molecular complexity index is 493. The van der Waals surface area contributed by atoms with E-state index in [-0.39, 0.29) is 5.91 Å². The molecule has 1 fully saturated rings. The summed E-state index contributed by atoms with van der Waals surface area (Å²) in [4.78, 5) is 11.9. The summed E-state index contributed by atoms with van der Waals surface area (Å²) in [7, 11) is 3.20. The van der Waals surface area contributed by atoms with Gasteiger partial charge < -0.3 is 24.8 Å². The number of ether oxygens (including phenoxy) is 3. The van der Waals surface area contributed by atoms with Gasteiger partial charge in [0.25, 0.3) is 0 Å². The third-order valence-corrected chi connectivity index (χ3v) is 4.26. The van der Waals surface area contributed by atoms with E-state index in [1.807, 2.05) is 0 Å². The van der Waals surface area contributed by atoms with Gasteiger partial charge in [-0.05, 0) is 38.3 Å². The van der Waals surface area contributed by atoms with Gasteiger partial charge in [-0.15, -0.1) is 0 Å². The fraction of sp³-hybridized carbons (Fsp3) is 0.611. The number of benzene rings is 1. The lowest BCUT2D eigenvalue weighted by Crippen LogP contribution is -2.30. The van der Waals surface area contributed by atoms with Gasteiger partial charge >= 0.3 is 0 Å². The average molecular weight is 336 g/mol. The minimum absolute atomic E-state index is 0.0976. The van der Waals surface area contributed by atoms with E-state index in [0.29, 0.717) is 42.7 Å². The highest BCUT2D eigenvalue weighted by Gasteiger charge is 2.14. The zero-order valence-corrected chi connectivity index (χ0v) is 14.6. The van der Waals surface area contributed by atoms with Gasteiger partial charge in [0.05, 0.1) is 20.8 Å². The maximum Gasteiger partial charge on any atom is 0.220 e. The molecule has 0 aromatic heterocycles. The van der Waals surface area contributed by atoms with Gasteiger partial charge in [0.2, 0.25) is 5.91 Å². The van der Waals surface area contributed by atoms with Gasteiger partial charge in [0, 0.05) is 24.6 Å². The van der Waals surface area contributed by atoms with E-state index in [4.69, 9.17) is 14.2 Å². The molecule has 0 saturated carbocycles. The molecule has 0 aliphatic carbocycles. The fourth-order valence-electron chi connectivity index (χ4n) is 2.82. The molecule has 1 amide bonds. The molecule has 1 aromatic carbocycles. The highest BCUT2D eigenvalue weighted by atomic mass is 16.5. The van der Waals surface area contributed by atoms with E-state index >= 15 is 0 Å². The second-order valence-electron chi connectivity index (χ2n) is 5.98. The van der Waals surface area contributed by atoms with Crippen molar-refractivity contribution in [3.05, 3.63) is 18.2 Å². The topological polar surface area (TPSA) is 68.8 Å². The summed E-state index contributed by atoms with van der Waals surface area (Å²) < 4.78 is 16.0. The molecule has 2 N–H and O–H groups in total. The molecule has 0 atom stereocenters. The molecule has 1 aromatic rings. The Labute approximate surface area is 143 Å². The van der Waals surface area contributed by atoms with Crippen molar-refractivity contribution in [1.82, 2.24) is 10.6 Å². The van der Waals surface area contributed by atoms with Crippen LogP contribution in [0.1, 0.15) is 25.7 Å². The standard InChI is InChI=1S/C18H28N2O4/c1-22-15-11-16(23-2)13-17(12-15)24-10-9-20-18(21)4-3-14-5-7-19-8-6-14/h11-14,19H,3-10H2,1-2H3,(H,20,21). The van der Waals surface area contributed by atoms with Crippen LogP contribution in [-0.4, -0.2) is 46.4 Å². The van der Waals surface area contributed by atoms with Crippen LogP contribution in [0.15, 0.2) is 18.2 Å². The van der Waals surface area contributed by atoms with E-state index in [0.717, 1.165) is 19.5 Å². The van der Waals surface area contributed by atoms with Gasteiger partial charge in [0.1, 0.15) is 23.9 Å². The highest BCUT2D eigenvalue weighted by molar-refractivity contribution is 5.75. The predicted octanol–water partition coefficient (Wildman–Crippen LogP) is 1.98. The molecule has 134 valence electrons. The van der Waals surface area contributed by atoms with E-state index in [2.05, 4.69) is 10.6 Å². The third-order valence-electron chi connectivity index (χ3n) is 4.26. The lowest BCUT2D eigenvalue weighted by molar-refractivity contribution is -0.121. The molecular formula is C18H28N2O4. The summed E-state index contributed by atoms with van der Waals surface area (Å²) in [6, 6.07) is 5.37. The van der Waals surface area contributed by atoms with E-state index in [9.17, 15) is 4.79 Å². The number of hydrogen-bond donors (Lipinski definition) is 2. The molecular weight excluding hydrogens is 308 g/mol. The Balaban J connectivity index is 1.64. The SMILES string of the molecule is COc1cc(OC)cc(OCCNC(=O)CCC2CCNCC2)c1. The third kappa shape index (κ3) is 6.28. The van der Waals surface area contributed by atoms with Crippen molar-refractivity contribution >= 4 is 5.91 Å². The molecule has 6 nitrogen and oxygen atoms in total. The molecule has 6 heteroatoms. The summed E-state index contributed by atoms with van der Waals surface area (Å²) >= 11 is 0. The zero-order valence-electron chi connectivity index (χ0n) is 14.6. The lowest BCUT2D eigenvalue weighted by Gasteiger charge is -2.22. The van der Waals surface area contributed by atoms with Crippen molar-refractivity contribution < 1.29 is 19.0 Å². The Hall–Kier alpha value is -1.95. The molecule has 1 aliphatic rings. The largest absolute Gasteiger partial charge is 0.496 e. The molecule has 0 radical (unpaired) electrons. The summed E-state index contributed by atoms with van der Waals surface area (Å²) in [5.41, 5.74) is 0. The van der Waals surface area contributed by atoms with E-state index in [1.165, 1.54) is 12.8 Å². The lowest BCUT2D eigenvalue weighted by atomic mass is 9.93. The van der Waals surface area contributed by atoms with Crippen LogP contribution in [0, 0.1) is 5.92 Å². The number of nitrogens with one attached hydrogen (secondary N) is 2. The summed E-state index contributed by atoms with van der Waals surface area (Å²) in [6.45, 7) is 3.05. The van der Waals surface area contributed by atoms with Crippen molar-refractivity contribution in [1.29, 1.82) is 0 Å². The molecule has 2 rings (SSSR count). The molecule has 0 unspecified atom stereocenters. The Morgan fingerprint density at radius 1 is 1.12 bits per heavy atom. The minimum atomic E-state index is 0.0976. The predicted molar refractivity (Wildman–Crippen MR) is 92.9 cm³/mol. The zero-order chi connectivity index (χ0) is 17.2. The number of hydrogen-bond acceptors (Lipinski definition) is 5. The van der Waals surface area contributed by atoms with Crippen LogP contribution >= 0.6 is 0 Å². The summed E-state index contributed by atoms with van der Waals surface area (Å²) in [6.07, 6.45) is 3.92. The van der Waals surface area contributed by atoms with Crippen LogP contribution in [0.5, 0.6) is 17.2 Å². The molecule has 1 heterocycles. The van der Waals surface area contributed by atoms with Gasteiger partial charge in [-0.3, -0.25) is 4.79 Å². The van der Waals surface area contributed by atoms with Crippen LogP contribution < -0.4 is 24.8 Å². The summed E-state index contributed by atoms with van der Waals surface area (Å²) in [5.74, 6) is 2.79. The fourth-order valence-corrected chi connectivity index (χ4v) is 2.82. The normalized spacial score (nSPS) is 14.9. The van der Waals surface area contributed by atoms with E-state index < -0.39 is 0 Å². The number of carbonyl (C=O) groups is 1. The van der Waals surface area contributed by atoms with Crippen LogP contribution in [-0.2, 0) is 4.79 Å².